The molecule has 8 heteroatoms. The number of rotatable bonds is 5. The zero-order chi connectivity index (χ0) is 25.4. The highest BCUT2D eigenvalue weighted by Crippen LogP contribution is 2.49. The number of piperidine rings is 1. The van der Waals surface area contributed by atoms with Crippen LogP contribution in [0.25, 0.3) is 10.9 Å². The molecule has 0 radical (unpaired) electrons. The Morgan fingerprint density at radius 3 is 2.75 bits per heavy atom. The van der Waals surface area contributed by atoms with Gasteiger partial charge in [0.25, 0.3) is 0 Å². The fourth-order valence-electron chi connectivity index (χ4n) is 6.63. The monoisotopic (exact) mass is 496 g/mol. The molecule has 2 aliphatic heterocycles. The second-order valence-electron chi connectivity index (χ2n) is 11.7. The number of nitrogens with one attached hydrogen (secondary N) is 3. The molecule has 0 bridgehead atoms. The average Bonchev–Trinajstić information content (AvgIpc) is 3.20. The molecule has 1 aliphatic carbocycles. The minimum Gasteiger partial charge on any atom is -0.444 e. The number of hydrogen-bond acceptors (Lipinski definition) is 5. The summed E-state index contributed by atoms with van der Waals surface area (Å²) in [7, 11) is 0. The van der Waals surface area contributed by atoms with E-state index < -0.39 is 17.8 Å². The molecule has 1 unspecified atom stereocenters. The van der Waals surface area contributed by atoms with Crippen LogP contribution in [0.1, 0.15) is 63.8 Å². The van der Waals surface area contributed by atoms with Crippen molar-refractivity contribution in [3.05, 3.63) is 35.5 Å². The third-order valence-corrected chi connectivity index (χ3v) is 8.17. The molecule has 3 aliphatic rings. The maximum Gasteiger partial charge on any atom is 0.407 e. The van der Waals surface area contributed by atoms with Gasteiger partial charge in [-0.3, -0.25) is 9.69 Å². The van der Waals surface area contributed by atoms with Gasteiger partial charge in [0.1, 0.15) is 5.60 Å². The van der Waals surface area contributed by atoms with Crippen LogP contribution in [0.2, 0.25) is 0 Å². The number of aromatic amines is 1. The van der Waals surface area contributed by atoms with Crippen LogP contribution in [0, 0.1) is 17.8 Å². The topological polar surface area (TPSA) is 107 Å². The van der Waals surface area contributed by atoms with Gasteiger partial charge in [-0.25, -0.2) is 4.79 Å². The van der Waals surface area contributed by atoms with Crippen LogP contribution in [0.15, 0.2) is 24.3 Å². The van der Waals surface area contributed by atoms with Crippen LogP contribution in [0.5, 0.6) is 0 Å². The first-order chi connectivity index (χ1) is 17.2. The van der Waals surface area contributed by atoms with Crippen molar-refractivity contribution in [2.45, 2.75) is 70.6 Å². The molecule has 4 N–H and O–H groups in total. The number of carbonyl (C=O) groups excluding carboxylic acids is 2. The smallest absolute Gasteiger partial charge is 0.407 e. The first-order valence-corrected chi connectivity index (χ1v) is 13.5. The number of alkyl carbamates (subject to hydrolysis) is 1. The lowest BCUT2D eigenvalue weighted by atomic mass is 9.64. The second kappa shape index (κ2) is 10.1. The van der Waals surface area contributed by atoms with E-state index in [-0.39, 0.29) is 23.8 Å². The highest BCUT2D eigenvalue weighted by Gasteiger charge is 2.49. The number of fused-ring (bicyclic) bond motifs is 6. The van der Waals surface area contributed by atoms with Crippen molar-refractivity contribution >= 4 is 22.9 Å². The van der Waals surface area contributed by atoms with Gasteiger partial charge in [-0.15, -0.1) is 0 Å². The van der Waals surface area contributed by atoms with E-state index in [2.05, 4.69) is 44.8 Å². The second-order valence-corrected chi connectivity index (χ2v) is 11.7. The summed E-state index contributed by atoms with van der Waals surface area (Å²) < 4.78 is 5.24. The van der Waals surface area contributed by atoms with Crippen molar-refractivity contribution in [1.29, 1.82) is 0 Å². The van der Waals surface area contributed by atoms with Gasteiger partial charge < -0.3 is 25.5 Å². The minimum absolute atomic E-state index is 0.0596. The van der Waals surface area contributed by atoms with Gasteiger partial charge >= 0.3 is 6.09 Å². The van der Waals surface area contributed by atoms with E-state index in [9.17, 15) is 14.7 Å². The van der Waals surface area contributed by atoms with E-state index in [1.807, 2.05) is 20.8 Å². The molecule has 5 rings (SSSR count). The van der Waals surface area contributed by atoms with E-state index in [0.29, 0.717) is 31.8 Å². The fraction of sp³-hybridized carbons (Fsp3) is 0.643. The molecular formula is C28H40N4O4. The summed E-state index contributed by atoms with van der Waals surface area (Å²) in [5.41, 5.74) is 3.37. The molecule has 2 fully saturated rings. The van der Waals surface area contributed by atoms with Crippen molar-refractivity contribution in [1.82, 2.24) is 20.5 Å². The van der Waals surface area contributed by atoms with Crippen molar-refractivity contribution in [2.75, 3.05) is 26.2 Å². The standard InChI is InChI=1S/C28H40N4O4/c1-28(2,3)36-27(35)30-13-6-12-29-26(34)24-20-15-22-25-19(18-7-4-5-8-21(18)31-25)11-14-32(22)16-17(20)9-10-23(24)33/h4-5,7-8,17,20,22-24,31,33H,6,9-16H2,1-3H3,(H,29,34)(H,30,35)/t17-,20?,22-,23-,24+/m0/s1. The summed E-state index contributed by atoms with van der Waals surface area (Å²) in [5.74, 6) is 0.141. The number of aliphatic hydroxyl groups is 1. The number of aliphatic hydroxyl groups excluding tert-OH is 1. The molecule has 0 spiro atoms. The van der Waals surface area contributed by atoms with Gasteiger partial charge in [0.2, 0.25) is 5.91 Å². The highest BCUT2D eigenvalue weighted by molar-refractivity contribution is 5.85. The number of benzene rings is 1. The normalized spacial score (nSPS) is 28.1. The third-order valence-electron chi connectivity index (χ3n) is 8.17. The molecule has 1 aromatic carbocycles. The van der Waals surface area contributed by atoms with Crippen molar-refractivity contribution < 1.29 is 19.4 Å². The zero-order valence-electron chi connectivity index (χ0n) is 21.7. The molecule has 1 aromatic heterocycles. The number of aromatic nitrogens is 1. The Labute approximate surface area is 213 Å². The van der Waals surface area contributed by atoms with Crippen molar-refractivity contribution in [3.8, 4) is 0 Å². The van der Waals surface area contributed by atoms with E-state index >= 15 is 0 Å². The summed E-state index contributed by atoms with van der Waals surface area (Å²) in [6.07, 6.45) is 3.14. The molecule has 1 saturated carbocycles. The Morgan fingerprint density at radius 1 is 1.17 bits per heavy atom. The lowest BCUT2D eigenvalue weighted by molar-refractivity contribution is -0.139. The minimum atomic E-state index is -0.608. The quantitative estimate of drug-likeness (QED) is 0.474. The zero-order valence-corrected chi connectivity index (χ0v) is 21.7. The molecule has 1 saturated heterocycles. The number of ether oxygens (including phenoxy) is 1. The highest BCUT2D eigenvalue weighted by atomic mass is 16.6. The van der Waals surface area contributed by atoms with Crippen LogP contribution in [0.3, 0.4) is 0 Å². The number of amides is 2. The fourth-order valence-corrected chi connectivity index (χ4v) is 6.63. The van der Waals surface area contributed by atoms with Crippen LogP contribution in [-0.4, -0.2) is 64.9 Å². The number of H-pyrrole nitrogens is 1. The van der Waals surface area contributed by atoms with Crippen molar-refractivity contribution in [3.63, 3.8) is 0 Å². The molecule has 8 nitrogen and oxygen atoms in total. The van der Waals surface area contributed by atoms with Gasteiger partial charge in [-0.05, 0) is 76.3 Å². The van der Waals surface area contributed by atoms with Crippen LogP contribution < -0.4 is 10.6 Å². The first kappa shape index (κ1) is 25.1. The molecule has 2 amide bonds. The van der Waals surface area contributed by atoms with Gasteiger partial charge in [-0.2, -0.15) is 0 Å². The lowest BCUT2D eigenvalue weighted by Gasteiger charge is -2.51. The van der Waals surface area contributed by atoms with Gasteiger partial charge in [0.15, 0.2) is 0 Å². The Hall–Kier alpha value is -2.58. The Morgan fingerprint density at radius 2 is 1.94 bits per heavy atom. The molecular weight excluding hydrogens is 456 g/mol. The number of hydrogen-bond donors (Lipinski definition) is 4. The maximum atomic E-state index is 13.3. The maximum absolute atomic E-state index is 13.3. The largest absolute Gasteiger partial charge is 0.444 e. The summed E-state index contributed by atoms with van der Waals surface area (Å²) in [4.78, 5) is 31.4. The van der Waals surface area contributed by atoms with Crippen LogP contribution in [0.4, 0.5) is 4.79 Å². The number of para-hydroxylation sites is 1. The van der Waals surface area contributed by atoms with Crippen LogP contribution >= 0.6 is 0 Å². The first-order valence-electron chi connectivity index (χ1n) is 13.5. The SMILES string of the molecule is CC(C)(C)OC(=O)NCCCNC(=O)[C@@H]1C2C[C@H]3c4[nH]c5ccccc5c4CCN3C[C@@H]2CC[C@@H]1O. The molecule has 2 aromatic rings. The summed E-state index contributed by atoms with van der Waals surface area (Å²) >= 11 is 0. The van der Waals surface area contributed by atoms with E-state index in [0.717, 1.165) is 32.4 Å². The molecule has 36 heavy (non-hydrogen) atoms. The number of nitrogens with zero attached hydrogens (tertiary/aromatic N) is 1. The Kier molecular flexibility index (Phi) is 7.01. The molecule has 3 heterocycles. The number of carbonyl (C=O) groups is 2. The Balaban J connectivity index is 1.22. The van der Waals surface area contributed by atoms with E-state index in [1.165, 1.54) is 22.2 Å². The lowest BCUT2D eigenvalue weighted by Crippen LogP contribution is -2.55. The molecule has 196 valence electrons. The Bertz CT molecular complexity index is 1110. The van der Waals surface area contributed by atoms with Gasteiger partial charge in [-0.1, -0.05) is 18.2 Å². The average molecular weight is 497 g/mol. The van der Waals surface area contributed by atoms with Gasteiger partial charge in [0, 0.05) is 42.8 Å². The van der Waals surface area contributed by atoms with E-state index in [1.54, 1.807) is 0 Å². The summed E-state index contributed by atoms with van der Waals surface area (Å²) in [5, 5.41) is 18.0. The molecule has 5 atom stereocenters. The van der Waals surface area contributed by atoms with Gasteiger partial charge in [0.05, 0.1) is 18.1 Å². The predicted octanol–water partition coefficient (Wildman–Crippen LogP) is 3.51. The third kappa shape index (κ3) is 5.11. The van der Waals surface area contributed by atoms with Crippen molar-refractivity contribution in [2.24, 2.45) is 17.8 Å². The predicted molar refractivity (Wildman–Crippen MR) is 139 cm³/mol. The van der Waals surface area contributed by atoms with E-state index in [4.69, 9.17) is 4.74 Å². The summed E-state index contributed by atoms with van der Waals surface area (Å²) in [6, 6.07) is 8.77. The summed E-state index contributed by atoms with van der Waals surface area (Å²) in [6.45, 7) is 8.39. The van der Waals surface area contributed by atoms with Crippen LogP contribution in [-0.2, 0) is 16.0 Å².